The zero-order valence-electron chi connectivity index (χ0n) is 13.2. The van der Waals surface area contributed by atoms with Crippen LogP contribution < -0.4 is 0 Å². The standard InChI is InChI=1S/C17H22O6/c1-10-16-14(20)6-13(9-22-11(2)19)5-3-4-12(8-18)7-15(16)23-17(10)21/h5,7,14-16,18,20H,1,3-4,6,8-9H2,2H3/b12-7+,13-5+/t14-,15+,16+/m0/s1. The number of esters is 2. The minimum Gasteiger partial charge on any atom is -0.461 e. The average molecular weight is 322 g/mol. The minimum atomic E-state index is -0.880. The zero-order valence-corrected chi connectivity index (χ0v) is 13.2. The van der Waals surface area contributed by atoms with E-state index in [0.29, 0.717) is 12.8 Å². The second-order valence-electron chi connectivity index (χ2n) is 5.86. The molecule has 0 aromatic heterocycles. The second-order valence-corrected chi connectivity index (χ2v) is 5.86. The van der Waals surface area contributed by atoms with E-state index in [1.165, 1.54) is 6.92 Å². The molecule has 3 atom stereocenters. The molecule has 1 aliphatic carbocycles. The molecule has 0 aromatic rings. The van der Waals surface area contributed by atoms with Gasteiger partial charge in [0.1, 0.15) is 12.7 Å². The molecule has 2 aliphatic rings. The van der Waals surface area contributed by atoms with Crippen molar-refractivity contribution in [3.8, 4) is 0 Å². The molecular formula is C17H22O6. The number of aliphatic hydroxyl groups is 2. The summed E-state index contributed by atoms with van der Waals surface area (Å²) in [5, 5.41) is 20.0. The van der Waals surface area contributed by atoms with Crippen LogP contribution in [-0.4, -0.2) is 47.6 Å². The lowest BCUT2D eigenvalue weighted by molar-refractivity contribution is -0.140. The molecule has 1 fully saturated rings. The van der Waals surface area contributed by atoms with Crippen molar-refractivity contribution < 1.29 is 29.3 Å². The van der Waals surface area contributed by atoms with Crippen molar-refractivity contribution in [3.05, 3.63) is 35.5 Å². The van der Waals surface area contributed by atoms with E-state index in [4.69, 9.17) is 9.47 Å². The Balaban J connectivity index is 2.25. The van der Waals surface area contributed by atoms with E-state index in [-0.39, 0.29) is 25.2 Å². The highest BCUT2D eigenvalue weighted by atomic mass is 16.6. The Hall–Kier alpha value is -1.92. The number of ether oxygens (including phenoxy) is 2. The molecule has 0 saturated carbocycles. The van der Waals surface area contributed by atoms with Crippen LogP contribution in [0.2, 0.25) is 0 Å². The van der Waals surface area contributed by atoms with E-state index in [9.17, 15) is 19.8 Å². The van der Waals surface area contributed by atoms with Gasteiger partial charge in [0, 0.05) is 12.5 Å². The van der Waals surface area contributed by atoms with Crippen molar-refractivity contribution in [2.75, 3.05) is 13.2 Å². The van der Waals surface area contributed by atoms with E-state index in [1.807, 2.05) is 6.08 Å². The number of allylic oxidation sites excluding steroid dienone is 1. The number of aliphatic hydroxyl groups excluding tert-OH is 2. The lowest BCUT2D eigenvalue weighted by atomic mass is 9.85. The van der Waals surface area contributed by atoms with Gasteiger partial charge in [0.2, 0.25) is 0 Å². The van der Waals surface area contributed by atoms with Gasteiger partial charge in [-0.3, -0.25) is 4.79 Å². The Morgan fingerprint density at radius 2 is 2.22 bits per heavy atom. The van der Waals surface area contributed by atoms with Gasteiger partial charge in [-0.05, 0) is 36.5 Å². The first-order valence-corrected chi connectivity index (χ1v) is 7.62. The summed E-state index contributed by atoms with van der Waals surface area (Å²) in [6, 6.07) is 0. The molecule has 6 heteroatoms. The predicted octanol–water partition coefficient (Wildman–Crippen LogP) is 1.04. The smallest absolute Gasteiger partial charge is 0.334 e. The van der Waals surface area contributed by atoms with Gasteiger partial charge in [-0.1, -0.05) is 12.7 Å². The Morgan fingerprint density at radius 3 is 2.87 bits per heavy atom. The maximum absolute atomic E-state index is 11.8. The molecule has 0 radical (unpaired) electrons. The van der Waals surface area contributed by atoms with Gasteiger partial charge >= 0.3 is 11.9 Å². The van der Waals surface area contributed by atoms with E-state index < -0.39 is 30.1 Å². The maximum atomic E-state index is 11.8. The molecule has 1 aliphatic heterocycles. The number of hydrogen-bond donors (Lipinski definition) is 2. The van der Waals surface area contributed by atoms with Crippen molar-refractivity contribution in [1.82, 2.24) is 0 Å². The third-order valence-electron chi connectivity index (χ3n) is 4.11. The second kappa shape index (κ2) is 7.57. The van der Waals surface area contributed by atoms with Crippen molar-refractivity contribution in [3.63, 3.8) is 0 Å². The van der Waals surface area contributed by atoms with E-state index in [2.05, 4.69) is 6.58 Å². The van der Waals surface area contributed by atoms with Crippen LogP contribution in [0.15, 0.2) is 35.5 Å². The fourth-order valence-electron chi connectivity index (χ4n) is 2.90. The number of fused-ring (bicyclic) bond motifs is 1. The fourth-order valence-corrected chi connectivity index (χ4v) is 2.90. The highest BCUT2D eigenvalue weighted by molar-refractivity contribution is 5.91. The topological polar surface area (TPSA) is 93.1 Å². The highest BCUT2D eigenvalue weighted by Crippen LogP contribution is 2.34. The quantitative estimate of drug-likeness (QED) is 0.458. The van der Waals surface area contributed by atoms with Gasteiger partial charge in [-0.25, -0.2) is 4.79 Å². The average Bonchev–Trinajstić information content (AvgIpc) is 2.77. The maximum Gasteiger partial charge on any atom is 0.334 e. The predicted molar refractivity (Wildman–Crippen MR) is 82.3 cm³/mol. The van der Waals surface area contributed by atoms with Crippen LogP contribution >= 0.6 is 0 Å². The van der Waals surface area contributed by atoms with Crippen LogP contribution in [-0.2, 0) is 19.1 Å². The molecule has 0 amide bonds. The minimum absolute atomic E-state index is 0.100. The summed E-state index contributed by atoms with van der Waals surface area (Å²) in [4.78, 5) is 22.8. The first-order chi connectivity index (χ1) is 10.9. The molecule has 6 nitrogen and oxygen atoms in total. The summed E-state index contributed by atoms with van der Waals surface area (Å²) in [5.74, 6) is -1.49. The van der Waals surface area contributed by atoms with Crippen molar-refractivity contribution in [2.45, 2.75) is 38.4 Å². The molecule has 0 bridgehead atoms. The lowest BCUT2D eigenvalue weighted by Gasteiger charge is -2.24. The summed E-state index contributed by atoms with van der Waals surface area (Å²) in [6.45, 7) is 5.00. The number of carbonyl (C=O) groups is 2. The number of rotatable bonds is 3. The van der Waals surface area contributed by atoms with Gasteiger partial charge in [0.05, 0.1) is 18.6 Å². The number of carbonyl (C=O) groups excluding carboxylic acids is 2. The van der Waals surface area contributed by atoms with Gasteiger partial charge in [-0.15, -0.1) is 0 Å². The molecule has 0 unspecified atom stereocenters. The summed E-state index contributed by atoms with van der Waals surface area (Å²) < 4.78 is 10.3. The van der Waals surface area contributed by atoms with Crippen LogP contribution in [0.5, 0.6) is 0 Å². The van der Waals surface area contributed by atoms with Crippen LogP contribution in [0.25, 0.3) is 0 Å². The Labute approximate surface area is 135 Å². The molecule has 23 heavy (non-hydrogen) atoms. The Morgan fingerprint density at radius 1 is 1.48 bits per heavy atom. The van der Waals surface area contributed by atoms with E-state index >= 15 is 0 Å². The van der Waals surface area contributed by atoms with Gasteiger partial charge in [-0.2, -0.15) is 0 Å². The van der Waals surface area contributed by atoms with Crippen LogP contribution in [0.4, 0.5) is 0 Å². The summed E-state index contributed by atoms with van der Waals surface area (Å²) >= 11 is 0. The normalized spacial score (nSPS) is 32.9. The first-order valence-electron chi connectivity index (χ1n) is 7.62. The third kappa shape index (κ3) is 4.30. The summed E-state index contributed by atoms with van der Waals surface area (Å²) in [6.07, 6.45) is 3.61. The fraction of sp³-hybridized carbons (Fsp3) is 0.529. The van der Waals surface area contributed by atoms with Gasteiger partial charge in [0.15, 0.2) is 0 Å². The van der Waals surface area contributed by atoms with Crippen LogP contribution in [0.3, 0.4) is 0 Å². The molecule has 1 heterocycles. The molecule has 0 aromatic carbocycles. The largest absolute Gasteiger partial charge is 0.461 e. The highest BCUT2D eigenvalue weighted by Gasteiger charge is 2.42. The molecular weight excluding hydrogens is 300 g/mol. The van der Waals surface area contributed by atoms with Gasteiger partial charge in [0.25, 0.3) is 0 Å². The Bertz CT molecular complexity index is 559. The molecule has 1 saturated heterocycles. The van der Waals surface area contributed by atoms with E-state index in [1.54, 1.807) is 6.08 Å². The van der Waals surface area contributed by atoms with Crippen LogP contribution in [0.1, 0.15) is 26.2 Å². The van der Waals surface area contributed by atoms with E-state index in [0.717, 1.165) is 11.1 Å². The zero-order chi connectivity index (χ0) is 17.0. The molecule has 2 rings (SSSR count). The lowest BCUT2D eigenvalue weighted by Crippen LogP contribution is -2.30. The molecule has 126 valence electrons. The number of hydrogen-bond acceptors (Lipinski definition) is 6. The van der Waals surface area contributed by atoms with Crippen molar-refractivity contribution >= 4 is 11.9 Å². The summed E-state index contributed by atoms with van der Waals surface area (Å²) in [5.41, 5.74) is 1.74. The van der Waals surface area contributed by atoms with Crippen molar-refractivity contribution in [2.24, 2.45) is 5.92 Å². The summed E-state index contributed by atoms with van der Waals surface area (Å²) in [7, 11) is 0. The Kier molecular flexibility index (Phi) is 5.74. The van der Waals surface area contributed by atoms with Crippen LogP contribution in [0, 0.1) is 5.92 Å². The first kappa shape index (κ1) is 17.4. The monoisotopic (exact) mass is 322 g/mol. The van der Waals surface area contributed by atoms with Gasteiger partial charge < -0.3 is 19.7 Å². The molecule has 0 spiro atoms. The van der Waals surface area contributed by atoms with Crippen molar-refractivity contribution in [1.29, 1.82) is 0 Å². The third-order valence-corrected chi connectivity index (χ3v) is 4.11. The SMILES string of the molecule is C=C1C(=O)O[C@@H]2/C=C(/CO)CC/C=C(/COC(C)=O)C[C@H](O)[C@@H]12. The molecule has 2 N–H and O–H groups in total.